The van der Waals surface area contributed by atoms with E-state index in [9.17, 15) is 4.79 Å². The molecule has 0 bridgehead atoms. The van der Waals surface area contributed by atoms with Crippen molar-refractivity contribution in [2.75, 3.05) is 0 Å². The third-order valence-corrected chi connectivity index (χ3v) is 2.49. The normalized spacial score (nSPS) is 13.6. The van der Waals surface area contributed by atoms with Crippen molar-refractivity contribution in [3.05, 3.63) is 35.9 Å². The standard InChI is InChI=1S/C12H17NO2.ClH/c1-12(13,11(14)15)9-5-8-10-6-3-2-4-7-10;/h2-4,6-7H,5,8-9,13H2,1H3,(H,14,15);1H. The molecule has 0 aliphatic carbocycles. The van der Waals surface area contributed by atoms with Crippen LogP contribution in [0.3, 0.4) is 0 Å². The molecular formula is C12H18ClNO2. The van der Waals surface area contributed by atoms with Crippen molar-refractivity contribution in [3.63, 3.8) is 0 Å². The lowest BCUT2D eigenvalue weighted by atomic mass is 9.95. The molecule has 0 saturated carbocycles. The third kappa shape index (κ3) is 4.64. The van der Waals surface area contributed by atoms with E-state index in [1.54, 1.807) is 6.92 Å². The second-order valence-corrected chi connectivity index (χ2v) is 4.06. The van der Waals surface area contributed by atoms with E-state index in [2.05, 4.69) is 0 Å². The zero-order chi connectivity index (χ0) is 11.3. The summed E-state index contributed by atoms with van der Waals surface area (Å²) in [6, 6.07) is 10.00. The Hall–Kier alpha value is -1.06. The van der Waals surface area contributed by atoms with Crippen molar-refractivity contribution >= 4 is 18.4 Å². The Morgan fingerprint density at radius 2 is 1.94 bits per heavy atom. The molecule has 1 aromatic carbocycles. The Kier molecular flexibility index (Phi) is 6.08. The Morgan fingerprint density at radius 3 is 2.44 bits per heavy atom. The van der Waals surface area contributed by atoms with Gasteiger partial charge in [0, 0.05) is 0 Å². The molecule has 16 heavy (non-hydrogen) atoms. The molecule has 4 heteroatoms. The predicted molar refractivity (Wildman–Crippen MR) is 66.9 cm³/mol. The Labute approximate surface area is 102 Å². The number of halogens is 1. The highest BCUT2D eigenvalue weighted by atomic mass is 35.5. The average Bonchev–Trinajstić information content (AvgIpc) is 2.19. The molecule has 0 fully saturated rings. The van der Waals surface area contributed by atoms with Gasteiger partial charge in [-0.05, 0) is 31.7 Å². The van der Waals surface area contributed by atoms with Crippen LogP contribution in [-0.2, 0) is 11.2 Å². The minimum Gasteiger partial charge on any atom is -0.480 e. The number of carbonyl (C=O) groups is 1. The highest BCUT2D eigenvalue weighted by molar-refractivity contribution is 5.85. The topological polar surface area (TPSA) is 63.3 Å². The van der Waals surface area contributed by atoms with Crippen LogP contribution in [0.4, 0.5) is 0 Å². The van der Waals surface area contributed by atoms with Gasteiger partial charge in [-0.25, -0.2) is 0 Å². The van der Waals surface area contributed by atoms with Crippen molar-refractivity contribution in [1.29, 1.82) is 0 Å². The number of rotatable bonds is 5. The van der Waals surface area contributed by atoms with Gasteiger partial charge in [-0.3, -0.25) is 4.79 Å². The smallest absolute Gasteiger partial charge is 0.323 e. The minimum absolute atomic E-state index is 0. The third-order valence-electron chi connectivity index (χ3n) is 2.49. The summed E-state index contributed by atoms with van der Waals surface area (Å²) in [5.74, 6) is -0.935. The van der Waals surface area contributed by atoms with Gasteiger partial charge >= 0.3 is 5.97 Å². The van der Waals surface area contributed by atoms with Crippen LogP contribution in [0.2, 0.25) is 0 Å². The molecular weight excluding hydrogens is 226 g/mol. The number of nitrogens with two attached hydrogens (primary N) is 1. The molecule has 0 spiro atoms. The largest absolute Gasteiger partial charge is 0.480 e. The minimum atomic E-state index is -1.10. The molecule has 3 nitrogen and oxygen atoms in total. The molecule has 0 aliphatic heterocycles. The van der Waals surface area contributed by atoms with E-state index in [-0.39, 0.29) is 12.4 Å². The van der Waals surface area contributed by atoms with Crippen LogP contribution in [0.5, 0.6) is 0 Å². The number of carboxylic acids is 1. The first kappa shape index (κ1) is 14.9. The van der Waals surface area contributed by atoms with Crippen LogP contribution in [-0.4, -0.2) is 16.6 Å². The number of benzene rings is 1. The van der Waals surface area contributed by atoms with E-state index in [0.717, 1.165) is 12.8 Å². The van der Waals surface area contributed by atoms with Crippen molar-refractivity contribution in [3.8, 4) is 0 Å². The van der Waals surface area contributed by atoms with Crippen LogP contribution in [0.1, 0.15) is 25.3 Å². The lowest BCUT2D eigenvalue weighted by molar-refractivity contribution is -0.142. The number of aliphatic carboxylic acids is 1. The fraction of sp³-hybridized carbons (Fsp3) is 0.417. The summed E-state index contributed by atoms with van der Waals surface area (Å²) in [5, 5.41) is 8.81. The summed E-state index contributed by atoms with van der Waals surface area (Å²) in [6.45, 7) is 1.56. The summed E-state index contributed by atoms with van der Waals surface area (Å²) in [5.41, 5.74) is 5.74. The second-order valence-electron chi connectivity index (χ2n) is 4.06. The fourth-order valence-corrected chi connectivity index (χ4v) is 1.41. The van der Waals surface area contributed by atoms with E-state index in [1.165, 1.54) is 5.56 Å². The van der Waals surface area contributed by atoms with Gasteiger partial charge in [0.15, 0.2) is 0 Å². The molecule has 0 amide bonds. The van der Waals surface area contributed by atoms with Gasteiger partial charge in [0.2, 0.25) is 0 Å². The molecule has 3 N–H and O–H groups in total. The van der Waals surface area contributed by atoms with E-state index < -0.39 is 11.5 Å². The van der Waals surface area contributed by atoms with Gasteiger partial charge in [-0.1, -0.05) is 30.3 Å². The lowest BCUT2D eigenvalue weighted by Gasteiger charge is -2.18. The van der Waals surface area contributed by atoms with Crippen molar-refractivity contribution in [2.24, 2.45) is 5.73 Å². The van der Waals surface area contributed by atoms with Crippen LogP contribution >= 0.6 is 12.4 Å². The van der Waals surface area contributed by atoms with Gasteiger partial charge < -0.3 is 10.8 Å². The number of hydrogen-bond donors (Lipinski definition) is 2. The summed E-state index contributed by atoms with van der Waals surface area (Å²) in [6.07, 6.45) is 2.17. The van der Waals surface area contributed by atoms with Crippen LogP contribution in [0.25, 0.3) is 0 Å². The Morgan fingerprint density at radius 1 is 1.38 bits per heavy atom. The van der Waals surface area contributed by atoms with E-state index in [4.69, 9.17) is 10.8 Å². The molecule has 0 aliphatic rings. The van der Waals surface area contributed by atoms with Crippen LogP contribution in [0, 0.1) is 0 Å². The van der Waals surface area contributed by atoms with E-state index >= 15 is 0 Å². The van der Waals surface area contributed by atoms with E-state index in [1.807, 2.05) is 30.3 Å². The summed E-state index contributed by atoms with van der Waals surface area (Å²) in [4.78, 5) is 10.7. The first-order chi connectivity index (χ1) is 7.02. The number of carboxylic acid groups (broad SMARTS) is 1. The molecule has 1 unspecified atom stereocenters. The molecule has 1 atom stereocenters. The first-order valence-electron chi connectivity index (χ1n) is 5.08. The monoisotopic (exact) mass is 243 g/mol. The van der Waals surface area contributed by atoms with Gasteiger partial charge in [0.25, 0.3) is 0 Å². The van der Waals surface area contributed by atoms with Gasteiger partial charge in [0.1, 0.15) is 5.54 Å². The van der Waals surface area contributed by atoms with E-state index in [0.29, 0.717) is 6.42 Å². The molecule has 90 valence electrons. The SMILES string of the molecule is CC(N)(CCCc1ccccc1)C(=O)O.Cl. The maximum absolute atomic E-state index is 10.7. The van der Waals surface area contributed by atoms with Crippen molar-refractivity contribution < 1.29 is 9.90 Å². The number of aryl methyl sites for hydroxylation is 1. The van der Waals surface area contributed by atoms with Gasteiger partial charge in [-0.2, -0.15) is 0 Å². The maximum Gasteiger partial charge on any atom is 0.323 e. The second kappa shape index (κ2) is 6.51. The van der Waals surface area contributed by atoms with Crippen molar-refractivity contribution in [1.82, 2.24) is 0 Å². The van der Waals surface area contributed by atoms with Crippen LogP contribution in [0.15, 0.2) is 30.3 Å². The highest BCUT2D eigenvalue weighted by Crippen LogP contribution is 2.12. The molecule has 0 heterocycles. The quantitative estimate of drug-likeness (QED) is 0.834. The Bertz CT molecular complexity index is 325. The summed E-state index contributed by atoms with van der Waals surface area (Å²) >= 11 is 0. The summed E-state index contributed by atoms with van der Waals surface area (Å²) in [7, 11) is 0. The van der Waals surface area contributed by atoms with Gasteiger partial charge in [-0.15, -0.1) is 12.4 Å². The maximum atomic E-state index is 10.7. The zero-order valence-corrected chi connectivity index (χ0v) is 10.2. The van der Waals surface area contributed by atoms with Crippen molar-refractivity contribution in [2.45, 2.75) is 31.7 Å². The Balaban J connectivity index is 0.00000225. The molecule has 1 rings (SSSR count). The molecule has 0 aromatic heterocycles. The summed E-state index contributed by atoms with van der Waals surface area (Å²) < 4.78 is 0. The molecule has 1 aromatic rings. The first-order valence-corrected chi connectivity index (χ1v) is 5.08. The zero-order valence-electron chi connectivity index (χ0n) is 9.35. The molecule has 0 saturated heterocycles. The number of hydrogen-bond acceptors (Lipinski definition) is 2. The highest BCUT2D eigenvalue weighted by Gasteiger charge is 2.26. The fourth-order valence-electron chi connectivity index (χ4n) is 1.41. The molecule has 0 radical (unpaired) electrons. The lowest BCUT2D eigenvalue weighted by Crippen LogP contribution is -2.44. The van der Waals surface area contributed by atoms with Gasteiger partial charge in [0.05, 0.1) is 0 Å². The van der Waals surface area contributed by atoms with Crippen LogP contribution < -0.4 is 5.73 Å². The average molecular weight is 244 g/mol. The predicted octanol–water partition coefficient (Wildman–Crippen LogP) is 2.23.